The summed E-state index contributed by atoms with van der Waals surface area (Å²) in [6.07, 6.45) is 0. The number of aromatic hydroxyl groups is 1. The number of nitro groups is 1. The second kappa shape index (κ2) is 2.81. The van der Waals surface area contributed by atoms with Gasteiger partial charge in [-0.05, 0) is 25.5 Å². The van der Waals surface area contributed by atoms with E-state index in [0.29, 0.717) is 5.56 Å². The van der Waals surface area contributed by atoms with Crippen molar-refractivity contribution in [2.24, 2.45) is 0 Å². The van der Waals surface area contributed by atoms with Crippen LogP contribution in [0.25, 0.3) is 0 Å². The van der Waals surface area contributed by atoms with Gasteiger partial charge in [-0.2, -0.15) is 0 Å². The minimum atomic E-state index is -0.533. The molecular weight excluding hydrogens is 158 g/mol. The van der Waals surface area contributed by atoms with E-state index in [1.165, 1.54) is 19.1 Å². The fraction of sp³-hybridized carbons (Fsp3) is 0.125. The highest BCUT2D eigenvalue weighted by atomic mass is 16.6. The molecule has 4 heteroatoms. The predicted molar refractivity (Wildman–Crippen MR) is 44.0 cm³/mol. The number of nitro benzene ring substituents is 1. The number of hydrogen-bond acceptors (Lipinski definition) is 3. The van der Waals surface area contributed by atoms with Gasteiger partial charge in [-0.1, -0.05) is 0 Å². The Kier molecular flexibility index (Phi) is 1.99. The minimum Gasteiger partial charge on any atom is -0.507 e. The number of rotatable bonds is 1. The molecule has 1 rings (SSSR count). The summed E-state index contributed by atoms with van der Waals surface area (Å²) in [5, 5.41) is 19.6. The average Bonchev–Trinajstić information content (AvgIpc) is 2.00. The third kappa shape index (κ3) is 1.23. The summed E-state index contributed by atoms with van der Waals surface area (Å²) in [5.41, 5.74) is 0.575. The van der Waals surface area contributed by atoms with Crippen LogP contribution in [0.3, 0.4) is 0 Å². The molecule has 0 unspecified atom stereocenters. The van der Waals surface area contributed by atoms with E-state index in [1.807, 2.05) is 0 Å². The maximum atomic E-state index is 10.4. The molecule has 0 aliphatic rings. The summed E-state index contributed by atoms with van der Waals surface area (Å²) in [6.45, 7) is 5.00. The minimum absolute atomic E-state index is 0.0834. The van der Waals surface area contributed by atoms with Crippen LogP contribution >= 0.6 is 0 Å². The quantitative estimate of drug-likeness (QED) is 0.511. The van der Waals surface area contributed by atoms with E-state index in [0.717, 1.165) is 0 Å². The van der Waals surface area contributed by atoms with Gasteiger partial charge >= 0.3 is 0 Å². The fourth-order valence-corrected chi connectivity index (χ4v) is 0.943. The van der Waals surface area contributed by atoms with E-state index in [9.17, 15) is 15.2 Å². The molecular formula is C8H8NO3. The van der Waals surface area contributed by atoms with Gasteiger partial charge in [-0.25, -0.2) is 0 Å². The summed E-state index contributed by atoms with van der Waals surface area (Å²) in [5.74, 6) is -0.107. The van der Waals surface area contributed by atoms with Crippen LogP contribution in [0.15, 0.2) is 12.1 Å². The first kappa shape index (κ1) is 8.52. The van der Waals surface area contributed by atoms with Crippen molar-refractivity contribution in [2.45, 2.75) is 6.92 Å². The second-order valence-corrected chi connectivity index (χ2v) is 2.47. The third-order valence-electron chi connectivity index (χ3n) is 1.68. The van der Waals surface area contributed by atoms with Crippen LogP contribution in [-0.2, 0) is 0 Å². The van der Waals surface area contributed by atoms with Gasteiger partial charge < -0.3 is 5.11 Å². The van der Waals surface area contributed by atoms with Crippen molar-refractivity contribution in [2.75, 3.05) is 0 Å². The van der Waals surface area contributed by atoms with E-state index < -0.39 is 4.92 Å². The summed E-state index contributed by atoms with van der Waals surface area (Å²) >= 11 is 0. The highest BCUT2D eigenvalue weighted by molar-refractivity contribution is 5.53. The van der Waals surface area contributed by atoms with Crippen molar-refractivity contribution in [1.29, 1.82) is 0 Å². The SMILES string of the molecule is [CH2]c1ccc([N+](=O)[O-])c(C)c1O. The summed E-state index contributed by atoms with van der Waals surface area (Å²) in [4.78, 5) is 9.83. The number of phenolic OH excluding ortho intramolecular Hbond substituents is 1. The number of benzene rings is 1. The van der Waals surface area contributed by atoms with Crippen molar-refractivity contribution in [1.82, 2.24) is 0 Å². The Morgan fingerprint density at radius 1 is 1.58 bits per heavy atom. The molecule has 0 atom stereocenters. The molecule has 0 heterocycles. The van der Waals surface area contributed by atoms with E-state index in [-0.39, 0.29) is 17.0 Å². The van der Waals surface area contributed by atoms with Crippen molar-refractivity contribution in [3.05, 3.63) is 40.3 Å². The Morgan fingerprint density at radius 3 is 2.67 bits per heavy atom. The average molecular weight is 166 g/mol. The Balaban J connectivity index is 3.36. The smallest absolute Gasteiger partial charge is 0.276 e. The van der Waals surface area contributed by atoms with Crippen LogP contribution < -0.4 is 0 Å². The standard InChI is InChI=1S/C8H8NO3/c1-5-3-4-7(9(11)12)6(2)8(5)10/h3-4,10H,1H2,2H3. The summed E-state index contributed by atoms with van der Waals surface area (Å²) < 4.78 is 0. The van der Waals surface area contributed by atoms with Gasteiger partial charge in [0.05, 0.1) is 10.5 Å². The zero-order chi connectivity index (χ0) is 9.30. The van der Waals surface area contributed by atoms with Crippen LogP contribution in [0.1, 0.15) is 11.1 Å². The molecule has 0 fully saturated rings. The second-order valence-electron chi connectivity index (χ2n) is 2.47. The molecule has 12 heavy (non-hydrogen) atoms. The first-order valence-electron chi connectivity index (χ1n) is 3.33. The highest BCUT2D eigenvalue weighted by Gasteiger charge is 2.14. The van der Waals surface area contributed by atoms with Gasteiger partial charge in [0.15, 0.2) is 0 Å². The molecule has 0 aromatic heterocycles. The molecule has 0 aliphatic carbocycles. The van der Waals surface area contributed by atoms with Crippen LogP contribution in [-0.4, -0.2) is 10.0 Å². The van der Waals surface area contributed by atoms with E-state index in [4.69, 9.17) is 0 Å². The molecule has 63 valence electrons. The molecule has 0 spiro atoms. The molecule has 1 aromatic rings. The van der Waals surface area contributed by atoms with Crippen molar-refractivity contribution >= 4 is 5.69 Å². The highest BCUT2D eigenvalue weighted by Crippen LogP contribution is 2.29. The number of nitrogens with zero attached hydrogens (tertiary/aromatic N) is 1. The lowest BCUT2D eigenvalue weighted by atomic mass is 10.1. The third-order valence-corrected chi connectivity index (χ3v) is 1.68. The summed E-state index contributed by atoms with van der Waals surface area (Å²) in [7, 11) is 0. The van der Waals surface area contributed by atoms with Crippen LogP contribution in [0, 0.1) is 24.0 Å². The Bertz CT molecular complexity index is 333. The lowest BCUT2D eigenvalue weighted by Gasteiger charge is -2.02. The van der Waals surface area contributed by atoms with Crippen molar-refractivity contribution < 1.29 is 10.0 Å². The molecule has 0 aliphatic heterocycles. The van der Waals surface area contributed by atoms with Crippen molar-refractivity contribution in [3.8, 4) is 5.75 Å². The fourth-order valence-electron chi connectivity index (χ4n) is 0.943. The molecule has 0 saturated heterocycles. The maximum absolute atomic E-state index is 10.4. The maximum Gasteiger partial charge on any atom is 0.276 e. The lowest BCUT2D eigenvalue weighted by Crippen LogP contribution is -1.92. The van der Waals surface area contributed by atoms with E-state index in [1.54, 1.807) is 0 Å². The largest absolute Gasteiger partial charge is 0.507 e. The van der Waals surface area contributed by atoms with Gasteiger partial charge in [-0.3, -0.25) is 10.1 Å². The van der Waals surface area contributed by atoms with Gasteiger partial charge in [-0.15, -0.1) is 0 Å². The first-order chi connectivity index (χ1) is 5.54. The number of phenols is 1. The van der Waals surface area contributed by atoms with Gasteiger partial charge in [0, 0.05) is 6.07 Å². The van der Waals surface area contributed by atoms with E-state index in [2.05, 4.69) is 6.92 Å². The van der Waals surface area contributed by atoms with Crippen LogP contribution in [0.5, 0.6) is 5.75 Å². The van der Waals surface area contributed by atoms with Gasteiger partial charge in [0.1, 0.15) is 5.75 Å². The topological polar surface area (TPSA) is 63.4 Å². The Labute approximate surface area is 69.6 Å². The molecule has 1 radical (unpaired) electrons. The molecule has 0 bridgehead atoms. The van der Waals surface area contributed by atoms with E-state index >= 15 is 0 Å². The first-order valence-corrected chi connectivity index (χ1v) is 3.33. The molecule has 0 saturated carbocycles. The normalized spacial score (nSPS) is 9.83. The molecule has 4 nitrogen and oxygen atoms in total. The van der Waals surface area contributed by atoms with Gasteiger partial charge in [0.2, 0.25) is 0 Å². The molecule has 1 N–H and O–H groups in total. The Hall–Kier alpha value is -1.58. The molecule has 0 amide bonds. The zero-order valence-electron chi connectivity index (χ0n) is 6.57. The molecule has 1 aromatic carbocycles. The Morgan fingerprint density at radius 2 is 2.17 bits per heavy atom. The summed E-state index contributed by atoms with van der Waals surface area (Å²) in [6, 6.07) is 2.75. The zero-order valence-corrected chi connectivity index (χ0v) is 6.57. The number of hydrogen-bond donors (Lipinski definition) is 1. The van der Waals surface area contributed by atoms with Crippen LogP contribution in [0.4, 0.5) is 5.69 Å². The van der Waals surface area contributed by atoms with Crippen LogP contribution in [0.2, 0.25) is 0 Å². The van der Waals surface area contributed by atoms with Crippen molar-refractivity contribution in [3.63, 3.8) is 0 Å². The van der Waals surface area contributed by atoms with Gasteiger partial charge in [0.25, 0.3) is 5.69 Å². The monoisotopic (exact) mass is 166 g/mol. The lowest BCUT2D eigenvalue weighted by molar-refractivity contribution is -0.385. The predicted octanol–water partition coefficient (Wildman–Crippen LogP) is 1.79.